The van der Waals surface area contributed by atoms with Gasteiger partial charge in [-0.25, -0.2) is 4.98 Å². The van der Waals surface area contributed by atoms with Gasteiger partial charge in [-0.15, -0.1) is 0 Å². The van der Waals surface area contributed by atoms with Crippen LogP contribution in [0.25, 0.3) is 11.5 Å². The molecule has 0 atom stereocenters. The Bertz CT molecular complexity index is 403. The topological polar surface area (TPSA) is 43.0 Å². The Morgan fingerprint density at radius 2 is 2.43 bits per heavy atom. The van der Waals surface area contributed by atoms with Crippen LogP contribution in [-0.2, 0) is 13.6 Å². The van der Waals surface area contributed by atoms with Crippen LogP contribution in [-0.4, -0.2) is 16.6 Å². The van der Waals surface area contributed by atoms with Gasteiger partial charge >= 0.3 is 0 Å². The van der Waals surface area contributed by atoms with Crippen molar-refractivity contribution in [2.75, 3.05) is 7.05 Å². The number of hydrogen-bond donors (Lipinski definition) is 1. The van der Waals surface area contributed by atoms with E-state index in [1.165, 1.54) is 0 Å². The Kier molecular flexibility index (Phi) is 2.37. The maximum Gasteiger partial charge on any atom is 0.151 e. The van der Waals surface area contributed by atoms with Gasteiger partial charge in [-0.1, -0.05) is 0 Å². The van der Waals surface area contributed by atoms with Crippen LogP contribution in [0.2, 0.25) is 0 Å². The fraction of sp³-hybridized carbons (Fsp3) is 0.300. The Hall–Kier alpha value is -1.55. The molecule has 2 rings (SSSR count). The predicted molar refractivity (Wildman–Crippen MR) is 53.7 cm³/mol. The molecule has 14 heavy (non-hydrogen) atoms. The summed E-state index contributed by atoms with van der Waals surface area (Å²) in [5.41, 5.74) is 1.00. The molecular formula is C10H13N3O. The van der Waals surface area contributed by atoms with Crippen LogP contribution >= 0.6 is 0 Å². The van der Waals surface area contributed by atoms with Crippen molar-refractivity contribution in [3.63, 3.8) is 0 Å². The largest absolute Gasteiger partial charge is 0.463 e. The van der Waals surface area contributed by atoms with Crippen LogP contribution < -0.4 is 5.32 Å². The maximum absolute atomic E-state index is 5.31. The van der Waals surface area contributed by atoms with E-state index in [1.807, 2.05) is 37.0 Å². The maximum atomic E-state index is 5.31. The predicted octanol–water partition coefficient (Wildman–Crippen LogP) is 1.40. The third-order valence-corrected chi connectivity index (χ3v) is 2.19. The highest BCUT2D eigenvalue weighted by atomic mass is 16.3. The number of rotatable bonds is 3. The zero-order valence-corrected chi connectivity index (χ0v) is 8.32. The number of aromatic nitrogens is 2. The fourth-order valence-corrected chi connectivity index (χ4v) is 1.42. The summed E-state index contributed by atoms with van der Waals surface area (Å²) in [5, 5.41) is 3.07. The van der Waals surface area contributed by atoms with Gasteiger partial charge in [0.05, 0.1) is 19.0 Å². The first-order chi connectivity index (χ1) is 6.83. The normalized spacial score (nSPS) is 10.7. The van der Waals surface area contributed by atoms with Gasteiger partial charge in [-0.3, -0.25) is 0 Å². The molecule has 0 unspecified atom stereocenters. The van der Waals surface area contributed by atoms with E-state index < -0.39 is 0 Å². The van der Waals surface area contributed by atoms with E-state index in [2.05, 4.69) is 10.3 Å². The molecule has 1 N–H and O–H groups in total. The zero-order chi connectivity index (χ0) is 9.97. The minimum Gasteiger partial charge on any atom is -0.463 e. The molecule has 0 aromatic carbocycles. The molecule has 0 radical (unpaired) electrons. The van der Waals surface area contributed by atoms with Gasteiger partial charge in [0.15, 0.2) is 5.76 Å². The van der Waals surface area contributed by atoms with Crippen molar-refractivity contribution in [2.45, 2.75) is 6.54 Å². The second-order valence-electron chi connectivity index (χ2n) is 3.13. The summed E-state index contributed by atoms with van der Waals surface area (Å²) in [6.07, 6.45) is 3.49. The number of imidazole rings is 1. The van der Waals surface area contributed by atoms with Crippen LogP contribution in [0, 0.1) is 0 Å². The van der Waals surface area contributed by atoms with Crippen LogP contribution in [0.1, 0.15) is 5.82 Å². The highest BCUT2D eigenvalue weighted by molar-refractivity contribution is 5.51. The van der Waals surface area contributed by atoms with Crippen molar-refractivity contribution in [1.29, 1.82) is 0 Å². The molecule has 0 fully saturated rings. The van der Waals surface area contributed by atoms with Crippen molar-refractivity contribution in [2.24, 2.45) is 7.05 Å². The molecule has 74 valence electrons. The molecular weight excluding hydrogens is 178 g/mol. The summed E-state index contributed by atoms with van der Waals surface area (Å²) < 4.78 is 7.33. The minimum absolute atomic E-state index is 0.761. The van der Waals surface area contributed by atoms with Crippen LogP contribution in [0.4, 0.5) is 0 Å². The zero-order valence-electron chi connectivity index (χ0n) is 8.32. The van der Waals surface area contributed by atoms with E-state index in [1.54, 1.807) is 6.26 Å². The lowest BCUT2D eigenvalue weighted by Crippen LogP contribution is -2.10. The monoisotopic (exact) mass is 191 g/mol. The van der Waals surface area contributed by atoms with Crippen LogP contribution in [0.5, 0.6) is 0 Å². The molecule has 2 aromatic heterocycles. The van der Waals surface area contributed by atoms with Crippen molar-refractivity contribution in [1.82, 2.24) is 14.9 Å². The van der Waals surface area contributed by atoms with E-state index in [4.69, 9.17) is 4.42 Å². The average Bonchev–Trinajstić information content (AvgIpc) is 2.77. The van der Waals surface area contributed by atoms with Crippen molar-refractivity contribution in [3.05, 3.63) is 30.4 Å². The van der Waals surface area contributed by atoms with E-state index in [0.717, 1.165) is 23.8 Å². The summed E-state index contributed by atoms with van der Waals surface area (Å²) in [6.45, 7) is 0.761. The Balaban J connectivity index is 2.36. The lowest BCUT2D eigenvalue weighted by molar-refractivity contribution is 0.575. The second kappa shape index (κ2) is 3.67. The third kappa shape index (κ3) is 1.44. The first-order valence-corrected chi connectivity index (χ1v) is 4.52. The van der Waals surface area contributed by atoms with Gasteiger partial charge in [0, 0.05) is 7.05 Å². The Morgan fingerprint density at radius 3 is 3.07 bits per heavy atom. The lowest BCUT2D eigenvalue weighted by atomic mass is 10.3. The van der Waals surface area contributed by atoms with E-state index >= 15 is 0 Å². The van der Waals surface area contributed by atoms with E-state index in [0.29, 0.717) is 0 Å². The van der Waals surface area contributed by atoms with Crippen molar-refractivity contribution < 1.29 is 4.42 Å². The molecule has 2 heterocycles. The summed E-state index contributed by atoms with van der Waals surface area (Å²) in [7, 11) is 3.89. The number of nitrogens with one attached hydrogen (secondary N) is 1. The lowest BCUT2D eigenvalue weighted by Gasteiger charge is -2.02. The molecule has 2 aromatic rings. The third-order valence-electron chi connectivity index (χ3n) is 2.19. The molecule has 0 aliphatic heterocycles. The molecule has 0 bridgehead atoms. The van der Waals surface area contributed by atoms with Gasteiger partial charge in [-0.05, 0) is 19.2 Å². The first kappa shape index (κ1) is 9.02. The fourth-order valence-electron chi connectivity index (χ4n) is 1.42. The standard InChI is InChI=1S/C10H13N3O/c1-11-7-10-12-6-8(13(10)2)9-4-3-5-14-9/h3-6,11H,7H2,1-2H3. The highest BCUT2D eigenvalue weighted by Gasteiger charge is 2.09. The highest BCUT2D eigenvalue weighted by Crippen LogP contribution is 2.19. The Labute approximate surface area is 82.6 Å². The van der Waals surface area contributed by atoms with E-state index in [-0.39, 0.29) is 0 Å². The second-order valence-corrected chi connectivity index (χ2v) is 3.13. The number of hydrogen-bond acceptors (Lipinski definition) is 3. The average molecular weight is 191 g/mol. The van der Waals surface area contributed by atoms with Crippen LogP contribution in [0.3, 0.4) is 0 Å². The Morgan fingerprint density at radius 1 is 1.57 bits per heavy atom. The summed E-state index contributed by atoms with van der Waals surface area (Å²) in [6, 6.07) is 3.81. The molecule has 0 saturated carbocycles. The summed E-state index contributed by atoms with van der Waals surface area (Å²) in [4.78, 5) is 4.30. The van der Waals surface area contributed by atoms with Gasteiger partial charge in [0.1, 0.15) is 11.5 Å². The smallest absolute Gasteiger partial charge is 0.151 e. The SMILES string of the molecule is CNCc1ncc(-c2ccco2)n1C. The van der Waals surface area contributed by atoms with Crippen molar-refractivity contribution >= 4 is 0 Å². The number of nitrogens with zero attached hydrogens (tertiary/aromatic N) is 2. The van der Waals surface area contributed by atoms with Gasteiger partial charge in [0.2, 0.25) is 0 Å². The van der Waals surface area contributed by atoms with E-state index in [9.17, 15) is 0 Å². The van der Waals surface area contributed by atoms with Gasteiger partial charge in [0.25, 0.3) is 0 Å². The number of furan rings is 1. The quantitative estimate of drug-likeness (QED) is 0.797. The van der Waals surface area contributed by atoms with Gasteiger partial charge in [-0.2, -0.15) is 0 Å². The molecule has 0 spiro atoms. The summed E-state index contributed by atoms with van der Waals surface area (Å²) >= 11 is 0. The van der Waals surface area contributed by atoms with Crippen LogP contribution in [0.15, 0.2) is 29.0 Å². The molecule has 0 aliphatic carbocycles. The first-order valence-electron chi connectivity index (χ1n) is 4.52. The van der Waals surface area contributed by atoms with Gasteiger partial charge < -0.3 is 14.3 Å². The molecule has 4 heteroatoms. The molecule has 0 aliphatic rings. The van der Waals surface area contributed by atoms with Crippen molar-refractivity contribution in [3.8, 4) is 11.5 Å². The minimum atomic E-state index is 0.761. The summed E-state index contributed by atoms with van der Waals surface area (Å²) in [5.74, 6) is 1.85. The molecule has 4 nitrogen and oxygen atoms in total. The molecule has 0 saturated heterocycles. The molecule has 0 amide bonds.